The van der Waals surface area contributed by atoms with Crippen LogP contribution in [0.25, 0.3) is 0 Å². The van der Waals surface area contributed by atoms with Gasteiger partial charge in [0.25, 0.3) is 5.91 Å². The van der Waals surface area contributed by atoms with Crippen LogP contribution in [0, 0.1) is 12.9 Å². The number of aryl methyl sites for hydroxylation is 1. The number of pyridine rings is 1. The molecule has 0 aliphatic carbocycles. The van der Waals surface area contributed by atoms with Crippen molar-refractivity contribution < 1.29 is 13.7 Å². The lowest BCUT2D eigenvalue weighted by Crippen LogP contribution is -2.27. The highest BCUT2D eigenvalue weighted by Crippen LogP contribution is 2.08. The van der Waals surface area contributed by atoms with Gasteiger partial charge in [-0.3, -0.25) is 4.79 Å². The summed E-state index contributed by atoms with van der Waals surface area (Å²) in [4.78, 5) is 16.9. The van der Waals surface area contributed by atoms with E-state index in [0.717, 1.165) is 0 Å². The molecule has 0 bridgehead atoms. The summed E-state index contributed by atoms with van der Waals surface area (Å²) in [7, 11) is 1.60. The molecule has 0 fully saturated rings. The number of rotatable bonds is 3. The molecule has 0 unspecified atom stereocenters. The Bertz CT molecular complexity index is 568. The maximum Gasteiger partial charge on any atom is 0.272 e. The molecule has 2 aromatic heterocycles. The van der Waals surface area contributed by atoms with E-state index in [1.54, 1.807) is 20.0 Å². The van der Waals surface area contributed by atoms with Crippen LogP contribution in [0.15, 0.2) is 28.8 Å². The first kappa shape index (κ1) is 12.2. The van der Waals surface area contributed by atoms with Crippen LogP contribution >= 0.6 is 0 Å². The van der Waals surface area contributed by atoms with Crippen molar-refractivity contribution in [2.75, 3.05) is 7.05 Å². The lowest BCUT2D eigenvalue weighted by atomic mass is 10.3. The van der Waals surface area contributed by atoms with Gasteiger partial charge in [-0.1, -0.05) is 11.2 Å². The molecule has 0 saturated carbocycles. The topological polar surface area (TPSA) is 59.2 Å². The van der Waals surface area contributed by atoms with Gasteiger partial charge in [0.2, 0.25) is 5.95 Å². The second-order valence-electron chi connectivity index (χ2n) is 3.94. The van der Waals surface area contributed by atoms with Crippen molar-refractivity contribution in [1.82, 2.24) is 15.0 Å². The first-order valence-electron chi connectivity index (χ1n) is 5.36. The van der Waals surface area contributed by atoms with Crippen molar-refractivity contribution in [3.63, 3.8) is 0 Å². The molecule has 1 amide bonds. The van der Waals surface area contributed by atoms with Gasteiger partial charge < -0.3 is 9.42 Å². The molecule has 0 aromatic carbocycles. The molecule has 0 radical (unpaired) electrons. The maximum absolute atomic E-state index is 12.9. The van der Waals surface area contributed by atoms with Crippen molar-refractivity contribution in [2.24, 2.45) is 0 Å². The number of carbonyl (C=O) groups excluding carboxylic acids is 1. The second-order valence-corrected chi connectivity index (χ2v) is 3.94. The highest BCUT2D eigenvalue weighted by Gasteiger charge is 2.15. The predicted octanol–water partition coefficient (Wildman–Crippen LogP) is 1.79. The molecule has 5 nitrogen and oxygen atoms in total. The Morgan fingerprint density at radius 3 is 2.89 bits per heavy atom. The van der Waals surface area contributed by atoms with Crippen LogP contribution in [0.2, 0.25) is 0 Å². The monoisotopic (exact) mass is 249 g/mol. The van der Waals surface area contributed by atoms with Crippen LogP contribution in [-0.2, 0) is 6.54 Å². The van der Waals surface area contributed by atoms with Gasteiger partial charge in [0.05, 0.1) is 6.54 Å². The van der Waals surface area contributed by atoms with Crippen molar-refractivity contribution in [1.29, 1.82) is 0 Å². The molecule has 18 heavy (non-hydrogen) atoms. The zero-order chi connectivity index (χ0) is 13.1. The Balaban J connectivity index is 2.09. The van der Waals surface area contributed by atoms with Gasteiger partial charge in [-0.25, -0.2) is 4.98 Å². The van der Waals surface area contributed by atoms with Crippen LogP contribution in [0.4, 0.5) is 4.39 Å². The van der Waals surface area contributed by atoms with E-state index in [0.29, 0.717) is 11.5 Å². The lowest BCUT2D eigenvalue weighted by Gasteiger charge is -2.14. The molecular weight excluding hydrogens is 237 g/mol. The molecule has 94 valence electrons. The minimum absolute atomic E-state index is 0.0673. The van der Waals surface area contributed by atoms with Crippen LogP contribution in [0.1, 0.15) is 21.9 Å². The molecule has 2 heterocycles. The van der Waals surface area contributed by atoms with E-state index in [4.69, 9.17) is 4.52 Å². The van der Waals surface area contributed by atoms with Crippen LogP contribution in [-0.4, -0.2) is 28.0 Å². The summed E-state index contributed by atoms with van der Waals surface area (Å²) in [6.45, 7) is 2.06. The molecule has 0 aliphatic rings. The number of hydrogen-bond donors (Lipinski definition) is 0. The number of aromatic nitrogens is 2. The molecule has 0 spiro atoms. The zero-order valence-corrected chi connectivity index (χ0v) is 10.1. The summed E-state index contributed by atoms with van der Waals surface area (Å²) in [5, 5.41) is 3.79. The average molecular weight is 249 g/mol. The van der Waals surface area contributed by atoms with E-state index in [2.05, 4.69) is 10.1 Å². The minimum atomic E-state index is -0.675. The Morgan fingerprint density at radius 1 is 1.50 bits per heavy atom. The Hall–Kier alpha value is -2.24. The van der Waals surface area contributed by atoms with E-state index in [-0.39, 0.29) is 18.1 Å². The fourth-order valence-corrected chi connectivity index (χ4v) is 1.53. The summed E-state index contributed by atoms with van der Waals surface area (Å²) in [5.41, 5.74) is 0.706. The van der Waals surface area contributed by atoms with Crippen LogP contribution in [0.3, 0.4) is 0 Å². The van der Waals surface area contributed by atoms with Gasteiger partial charge in [0.15, 0.2) is 0 Å². The first-order chi connectivity index (χ1) is 8.56. The van der Waals surface area contributed by atoms with Crippen molar-refractivity contribution in [2.45, 2.75) is 13.5 Å². The lowest BCUT2D eigenvalue weighted by molar-refractivity contribution is 0.0775. The smallest absolute Gasteiger partial charge is 0.272 e. The fourth-order valence-electron chi connectivity index (χ4n) is 1.53. The largest absolute Gasteiger partial charge is 0.361 e. The van der Waals surface area contributed by atoms with Crippen molar-refractivity contribution in [3.8, 4) is 0 Å². The summed E-state index contributed by atoms with van der Waals surface area (Å²) in [5.74, 6) is -0.364. The number of hydrogen-bond acceptors (Lipinski definition) is 4. The summed E-state index contributed by atoms with van der Waals surface area (Å²) in [6, 6.07) is 5.85. The highest BCUT2D eigenvalue weighted by atomic mass is 19.1. The van der Waals surface area contributed by atoms with Gasteiger partial charge in [0, 0.05) is 13.1 Å². The zero-order valence-electron chi connectivity index (χ0n) is 10.1. The molecule has 2 aromatic rings. The molecule has 0 aliphatic heterocycles. The average Bonchev–Trinajstić information content (AvgIpc) is 2.73. The molecule has 6 heteroatoms. The Morgan fingerprint density at radius 2 is 2.28 bits per heavy atom. The number of halogens is 1. The third-order valence-corrected chi connectivity index (χ3v) is 2.36. The van der Waals surface area contributed by atoms with Crippen LogP contribution in [0.5, 0.6) is 0 Å². The number of amides is 1. The van der Waals surface area contributed by atoms with Gasteiger partial charge in [-0.15, -0.1) is 0 Å². The van der Waals surface area contributed by atoms with Gasteiger partial charge in [0.1, 0.15) is 17.1 Å². The van der Waals surface area contributed by atoms with E-state index in [1.165, 1.54) is 23.1 Å². The fraction of sp³-hybridized carbons (Fsp3) is 0.250. The predicted molar refractivity (Wildman–Crippen MR) is 61.2 cm³/mol. The van der Waals surface area contributed by atoms with E-state index in [9.17, 15) is 9.18 Å². The second kappa shape index (κ2) is 4.95. The maximum atomic E-state index is 12.9. The summed E-state index contributed by atoms with van der Waals surface area (Å²) in [6.07, 6.45) is 0. The van der Waals surface area contributed by atoms with Gasteiger partial charge >= 0.3 is 0 Å². The third-order valence-electron chi connectivity index (χ3n) is 2.36. The minimum Gasteiger partial charge on any atom is -0.361 e. The van der Waals surface area contributed by atoms with Crippen molar-refractivity contribution in [3.05, 3.63) is 47.4 Å². The molecule has 0 saturated heterocycles. The number of nitrogens with zero attached hydrogens (tertiary/aromatic N) is 3. The van der Waals surface area contributed by atoms with Crippen LogP contribution < -0.4 is 0 Å². The normalized spacial score (nSPS) is 10.4. The van der Waals surface area contributed by atoms with Gasteiger partial charge in [-0.05, 0) is 19.1 Å². The Kier molecular flexibility index (Phi) is 3.36. The molecule has 0 atom stereocenters. The number of carbonyl (C=O) groups is 1. The molecular formula is C12H12FN3O2. The van der Waals surface area contributed by atoms with E-state index >= 15 is 0 Å². The summed E-state index contributed by atoms with van der Waals surface area (Å²) >= 11 is 0. The van der Waals surface area contributed by atoms with Gasteiger partial charge in [-0.2, -0.15) is 4.39 Å². The van der Waals surface area contributed by atoms with E-state index in [1.807, 2.05) is 0 Å². The quantitative estimate of drug-likeness (QED) is 0.778. The third kappa shape index (κ3) is 2.71. The molecule has 2 rings (SSSR count). The summed E-state index contributed by atoms with van der Waals surface area (Å²) < 4.78 is 17.8. The molecule has 0 N–H and O–H groups in total. The first-order valence-corrected chi connectivity index (χ1v) is 5.36. The van der Waals surface area contributed by atoms with Crippen molar-refractivity contribution >= 4 is 5.91 Å². The highest BCUT2D eigenvalue weighted by molar-refractivity contribution is 5.91. The standard InChI is InChI=1S/C12H12FN3O2/c1-8-6-9(15-18-8)7-16(2)12(17)10-4-3-5-11(13)14-10/h3-6H,7H2,1-2H3. The SMILES string of the molecule is Cc1cc(CN(C)C(=O)c2cccc(F)n2)no1. The Labute approximate surface area is 103 Å². The van der Waals surface area contributed by atoms with E-state index < -0.39 is 5.95 Å².